The van der Waals surface area contributed by atoms with Crippen molar-refractivity contribution in [3.8, 4) is 0 Å². The van der Waals surface area contributed by atoms with Gasteiger partial charge in [0.15, 0.2) is 0 Å². The molecule has 1 N–H and O–H groups in total. The molecule has 0 atom stereocenters. The fraction of sp³-hybridized carbons (Fsp3) is 0.100. The van der Waals surface area contributed by atoms with E-state index < -0.39 is 0 Å². The van der Waals surface area contributed by atoms with E-state index in [0.717, 1.165) is 31.2 Å². The molecule has 0 aliphatic carbocycles. The summed E-state index contributed by atoms with van der Waals surface area (Å²) < 4.78 is 2.63. The third kappa shape index (κ3) is 2.78. The van der Waals surface area contributed by atoms with Gasteiger partial charge in [-0.15, -0.1) is 0 Å². The summed E-state index contributed by atoms with van der Waals surface area (Å²) in [5.41, 5.74) is 4.01. The Morgan fingerprint density at radius 2 is 1.92 bits per heavy atom. The minimum absolute atomic E-state index is 0.0289. The molecular formula is C20H16IN3O. The number of aryl methyl sites for hydroxylation is 1. The molecule has 2 heterocycles. The Labute approximate surface area is 158 Å². The Bertz CT molecular complexity index is 1200. The van der Waals surface area contributed by atoms with Crippen molar-refractivity contribution in [2.24, 2.45) is 7.05 Å². The van der Waals surface area contributed by atoms with Crippen LogP contribution in [0.15, 0.2) is 47.3 Å². The summed E-state index contributed by atoms with van der Waals surface area (Å²) in [6, 6.07) is 13.9. The Hall–Kier alpha value is -2.41. The van der Waals surface area contributed by atoms with E-state index >= 15 is 0 Å². The van der Waals surface area contributed by atoms with Gasteiger partial charge >= 0.3 is 0 Å². The predicted molar refractivity (Wildman–Crippen MR) is 112 cm³/mol. The van der Waals surface area contributed by atoms with Crippen LogP contribution in [0.3, 0.4) is 0 Å². The smallest absolute Gasteiger partial charge is 0.261 e. The van der Waals surface area contributed by atoms with Gasteiger partial charge in [-0.1, -0.05) is 18.2 Å². The van der Waals surface area contributed by atoms with Crippen LogP contribution in [0.1, 0.15) is 17.1 Å². The van der Waals surface area contributed by atoms with Crippen molar-refractivity contribution in [1.82, 2.24) is 14.5 Å². The number of para-hydroxylation sites is 1. The van der Waals surface area contributed by atoms with E-state index in [1.54, 1.807) is 11.6 Å². The van der Waals surface area contributed by atoms with E-state index in [2.05, 4.69) is 51.6 Å². The van der Waals surface area contributed by atoms with Crippen LogP contribution in [0, 0.1) is 10.5 Å². The number of aromatic nitrogens is 3. The second-order valence-electron chi connectivity index (χ2n) is 6.04. The largest absolute Gasteiger partial charge is 0.358 e. The van der Waals surface area contributed by atoms with Gasteiger partial charge in [-0.2, -0.15) is 0 Å². The zero-order valence-corrected chi connectivity index (χ0v) is 16.0. The van der Waals surface area contributed by atoms with E-state index in [1.807, 2.05) is 42.5 Å². The van der Waals surface area contributed by atoms with Crippen LogP contribution in [0.25, 0.3) is 34.0 Å². The van der Waals surface area contributed by atoms with Crippen LogP contribution in [-0.2, 0) is 7.05 Å². The molecule has 25 heavy (non-hydrogen) atoms. The first-order valence-electron chi connectivity index (χ1n) is 7.96. The maximum Gasteiger partial charge on any atom is 0.261 e. The number of H-pyrrole nitrogens is 1. The summed E-state index contributed by atoms with van der Waals surface area (Å²) in [6.07, 6.45) is 3.93. The Morgan fingerprint density at radius 3 is 2.76 bits per heavy atom. The Morgan fingerprint density at radius 1 is 1.12 bits per heavy atom. The SMILES string of the molecule is Cc1[nH]c2ccccc2c1C=Cc1nc2ccc(I)cc2c(=O)n1C. The van der Waals surface area contributed by atoms with E-state index in [4.69, 9.17) is 0 Å². The van der Waals surface area contributed by atoms with Gasteiger partial charge in [0.1, 0.15) is 5.82 Å². The van der Waals surface area contributed by atoms with Crippen LogP contribution in [0.2, 0.25) is 0 Å². The third-order valence-corrected chi connectivity index (χ3v) is 5.09. The van der Waals surface area contributed by atoms with Gasteiger partial charge in [-0.05, 0) is 65.9 Å². The third-order valence-electron chi connectivity index (χ3n) is 4.41. The zero-order chi connectivity index (χ0) is 17.6. The number of nitrogens with zero attached hydrogens (tertiary/aromatic N) is 2. The molecule has 2 aromatic heterocycles. The average molecular weight is 441 g/mol. The lowest BCUT2D eigenvalue weighted by Crippen LogP contribution is -2.20. The number of hydrogen-bond acceptors (Lipinski definition) is 2. The van der Waals surface area contributed by atoms with Gasteiger partial charge in [-0.25, -0.2) is 4.98 Å². The van der Waals surface area contributed by atoms with Gasteiger partial charge in [-0.3, -0.25) is 9.36 Å². The normalized spacial score (nSPS) is 11.8. The van der Waals surface area contributed by atoms with Gasteiger partial charge in [0.05, 0.1) is 10.9 Å². The van der Waals surface area contributed by atoms with Crippen molar-refractivity contribution in [3.63, 3.8) is 0 Å². The highest BCUT2D eigenvalue weighted by Crippen LogP contribution is 2.24. The van der Waals surface area contributed by atoms with Crippen LogP contribution >= 0.6 is 22.6 Å². The van der Waals surface area contributed by atoms with E-state index in [9.17, 15) is 4.79 Å². The highest BCUT2D eigenvalue weighted by atomic mass is 127. The van der Waals surface area contributed by atoms with Crippen LogP contribution < -0.4 is 5.56 Å². The number of fused-ring (bicyclic) bond motifs is 2. The molecule has 0 aliphatic heterocycles. The Balaban J connectivity index is 1.86. The summed E-state index contributed by atoms with van der Waals surface area (Å²) in [7, 11) is 1.76. The topological polar surface area (TPSA) is 50.7 Å². The molecule has 0 amide bonds. The van der Waals surface area contributed by atoms with E-state index in [1.165, 1.54) is 0 Å². The molecule has 0 bridgehead atoms. The lowest BCUT2D eigenvalue weighted by molar-refractivity contribution is 0.828. The molecule has 4 rings (SSSR count). The fourth-order valence-electron chi connectivity index (χ4n) is 3.08. The van der Waals surface area contributed by atoms with E-state index in [0.29, 0.717) is 11.2 Å². The quantitative estimate of drug-likeness (QED) is 0.466. The Kier molecular flexibility index (Phi) is 3.95. The molecule has 0 radical (unpaired) electrons. The maximum absolute atomic E-state index is 12.6. The first-order chi connectivity index (χ1) is 12.0. The zero-order valence-electron chi connectivity index (χ0n) is 13.9. The van der Waals surface area contributed by atoms with Crippen molar-refractivity contribution < 1.29 is 0 Å². The molecule has 0 aliphatic rings. The minimum atomic E-state index is -0.0289. The number of rotatable bonds is 2. The van der Waals surface area contributed by atoms with Crippen molar-refractivity contribution in [2.75, 3.05) is 0 Å². The first kappa shape index (κ1) is 16.1. The molecule has 4 aromatic rings. The second-order valence-corrected chi connectivity index (χ2v) is 7.28. The van der Waals surface area contributed by atoms with Crippen molar-refractivity contribution in [2.45, 2.75) is 6.92 Å². The molecule has 4 nitrogen and oxygen atoms in total. The van der Waals surface area contributed by atoms with Gasteiger partial charge in [0.25, 0.3) is 5.56 Å². The number of aromatic amines is 1. The van der Waals surface area contributed by atoms with Gasteiger partial charge < -0.3 is 4.98 Å². The first-order valence-corrected chi connectivity index (χ1v) is 9.04. The monoisotopic (exact) mass is 441 g/mol. The summed E-state index contributed by atoms with van der Waals surface area (Å²) >= 11 is 2.21. The second kappa shape index (κ2) is 6.15. The molecule has 124 valence electrons. The lowest BCUT2D eigenvalue weighted by atomic mass is 10.1. The van der Waals surface area contributed by atoms with E-state index in [-0.39, 0.29) is 5.56 Å². The average Bonchev–Trinajstić information content (AvgIpc) is 2.93. The van der Waals surface area contributed by atoms with Crippen LogP contribution in [-0.4, -0.2) is 14.5 Å². The molecule has 0 spiro atoms. The molecule has 2 aromatic carbocycles. The highest BCUT2D eigenvalue weighted by molar-refractivity contribution is 14.1. The van der Waals surface area contributed by atoms with Gasteiger partial charge in [0.2, 0.25) is 0 Å². The number of hydrogen-bond donors (Lipinski definition) is 1. The lowest BCUT2D eigenvalue weighted by Gasteiger charge is -2.06. The summed E-state index contributed by atoms with van der Waals surface area (Å²) in [4.78, 5) is 20.7. The molecule has 5 heteroatoms. The van der Waals surface area contributed by atoms with Crippen molar-refractivity contribution >= 4 is 56.5 Å². The molecular weight excluding hydrogens is 425 g/mol. The molecule has 0 saturated carbocycles. The number of benzene rings is 2. The van der Waals surface area contributed by atoms with Gasteiger partial charge in [0, 0.05) is 32.8 Å². The standard InChI is InChI=1S/C20H16IN3O/c1-12-14(15-5-3-4-6-17(15)22-12)8-10-19-23-18-9-7-13(21)11-16(18)20(25)24(19)2/h3-11,22H,1-2H3. The summed E-state index contributed by atoms with van der Waals surface area (Å²) in [5.74, 6) is 0.642. The summed E-state index contributed by atoms with van der Waals surface area (Å²) in [6.45, 7) is 2.05. The van der Waals surface area contributed by atoms with Crippen LogP contribution in [0.4, 0.5) is 0 Å². The number of nitrogens with one attached hydrogen (secondary N) is 1. The minimum Gasteiger partial charge on any atom is -0.358 e. The maximum atomic E-state index is 12.6. The predicted octanol–water partition coefficient (Wildman–Crippen LogP) is 4.50. The summed E-state index contributed by atoms with van der Waals surface area (Å²) in [5, 5.41) is 1.81. The fourth-order valence-corrected chi connectivity index (χ4v) is 3.57. The molecule has 0 unspecified atom stereocenters. The van der Waals surface area contributed by atoms with Crippen molar-refractivity contribution in [1.29, 1.82) is 0 Å². The molecule has 0 fully saturated rings. The molecule has 0 saturated heterocycles. The van der Waals surface area contributed by atoms with Crippen molar-refractivity contribution in [3.05, 3.63) is 73.5 Å². The van der Waals surface area contributed by atoms with Crippen LogP contribution in [0.5, 0.6) is 0 Å². The highest BCUT2D eigenvalue weighted by Gasteiger charge is 2.08. The number of halogens is 1.